The lowest BCUT2D eigenvalue weighted by Gasteiger charge is -2.04. The van der Waals surface area contributed by atoms with E-state index in [1.807, 2.05) is 0 Å². The molecular formula is C15H14N4O4S. The fraction of sp³-hybridized carbons (Fsp3) is 0.0667. The fourth-order valence-corrected chi connectivity index (χ4v) is 2.72. The average Bonchev–Trinajstić information content (AvgIpc) is 2.94. The van der Waals surface area contributed by atoms with Crippen LogP contribution in [0.25, 0.3) is 11.0 Å². The van der Waals surface area contributed by atoms with Crippen LogP contribution in [0.15, 0.2) is 47.4 Å². The van der Waals surface area contributed by atoms with Gasteiger partial charge in [0.25, 0.3) is 0 Å². The van der Waals surface area contributed by atoms with Crippen molar-refractivity contribution < 1.29 is 18.3 Å². The molecule has 5 N–H and O–H groups in total. The first-order chi connectivity index (χ1) is 11.3. The van der Waals surface area contributed by atoms with E-state index in [0.29, 0.717) is 23.5 Å². The van der Waals surface area contributed by atoms with Crippen LogP contribution in [-0.2, 0) is 16.6 Å². The van der Waals surface area contributed by atoms with Gasteiger partial charge in [-0.25, -0.2) is 23.3 Å². The number of sulfonamides is 1. The Balaban J connectivity index is 1.74. The number of nitrogens with two attached hydrogens (primary N) is 1. The molecule has 0 aliphatic carbocycles. The molecule has 0 spiro atoms. The van der Waals surface area contributed by atoms with Gasteiger partial charge in [0.2, 0.25) is 16.0 Å². The second-order valence-corrected chi connectivity index (χ2v) is 6.73. The number of carboxylic acid groups (broad SMARTS) is 1. The lowest BCUT2D eigenvalue weighted by molar-refractivity contribution is 0.0697. The Morgan fingerprint density at radius 3 is 2.54 bits per heavy atom. The van der Waals surface area contributed by atoms with E-state index in [4.69, 9.17) is 10.2 Å². The molecule has 0 aliphatic rings. The molecule has 1 aromatic heterocycles. The number of aromatic carboxylic acids is 1. The van der Waals surface area contributed by atoms with Crippen LogP contribution in [0.2, 0.25) is 0 Å². The van der Waals surface area contributed by atoms with Crippen LogP contribution in [0.3, 0.4) is 0 Å². The number of benzene rings is 2. The number of nitrogens with zero attached hydrogens (tertiary/aromatic N) is 1. The minimum absolute atomic E-state index is 0.0520. The van der Waals surface area contributed by atoms with Crippen LogP contribution in [0.1, 0.15) is 15.9 Å². The summed E-state index contributed by atoms with van der Waals surface area (Å²) in [5.74, 6) is -0.515. The summed E-state index contributed by atoms with van der Waals surface area (Å²) in [6, 6.07) is 10.8. The standard InChI is InChI=1S/C15H14N4O4S/c16-24(22,23)11-4-1-9(2-5-11)8-17-15-18-12-6-3-10(14(20)21)7-13(12)19-15/h1-7H,8H2,(H,20,21)(H2,16,22,23)(H2,17,18,19). The van der Waals surface area contributed by atoms with E-state index in [2.05, 4.69) is 15.3 Å². The monoisotopic (exact) mass is 346 g/mol. The molecule has 3 rings (SSSR count). The normalized spacial score (nSPS) is 11.5. The van der Waals surface area contributed by atoms with Crippen molar-refractivity contribution in [2.24, 2.45) is 5.14 Å². The molecule has 0 aliphatic heterocycles. The first-order valence-corrected chi connectivity index (χ1v) is 8.46. The van der Waals surface area contributed by atoms with E-state index in [-0.39, 0.29) is 10.5 Å². The Kier molecular flexibility index (Phi) is 3.96. The Bertz CT molecular complexity index is 1010. The molecular weight excluding hydrogens is 332 g/mol. The number of H-pyrrole nitrogens is 1. The molecule has 0 saturated carbocycles. The molecule has 9 heteroatoms. The Morgan fingerprint density at radius 1 is 1.21 bits per heavy atom. The van der Waals surface area contributed by atoms with Crippen LogP contribution in [0.4, 0.5) is 5.95 Å². The molecule has 2 aromatic carbocycles. The van der Waals surface area contributed by atoms with E-state index in [1.165, 1.54) is 24.3 Å². The number of primary sulfonamides is 1. The van der Waals surface area contributed by atoms with Gasteiger partial charge in [-0.05, 0) is 35.9 Å². The van der Waals surface area contributed by atoms with Crippen molar-refractivity contribution in [3.05, 3.63) is 53.6 Å². The SMILES string of the molecule is NS(=O)(=O)c1ccc(CNc2nc3ccc(C(=O)O)cc3[nH]2)cc1. The van der Waals surface area contributed by atoms with Gasteiger partial charge < -0.3 is 15.4 Å². The molecule has 3 aromatic rings. The zero-order valence-electron chi connectivity index (χ0n) is 12.4. The minimum Gasteiger partial charge on any atom is -0.478 e. The number of anilines is 1. The summed E-state index contributed by atoms with van der Waals surface area (Å²) in [5, 5.41) is 17.1. The number of hydrogen-bond acceptors (Lipinski definition) is 5. The Morgan fingerprint density at radius 2 is 1.92 bits per heavy atom. The number of fused-ring (bicyclic) bond motifs is 1. The van der Waals surface area contributed by atoms with Crippen molar-refractivity contribution in [3.8, 4) is 0 Å². The van der Waals surface area contributed by atoms with E-state index >= 15 is 0 Å². The quantitative estimate of drug-likeness (QED) is 0.552. The van der Waals surface area contributed by atoms with Gasteiger partial charge in [-0.3, -0.25) is 0 Å². The fourth-order valence-electron chi connectivity index (χ4n) is 2.21. The second-order valence-electron chi connectivity index (χ2n) is 5.17. The van der Waals surface area contributed by atoms with Crippen LogP contribution in [0, 0.1) is 0 Å². The van der Waals surface area contributed by atoms with Crippen molar-refractivity contribution in [2.75, 3.05) is 5.32 Å². The highest BCUT2D eigenvalue weighted by Crippen LogP contribution is 2.17. The molecule has 0 fully saturated rings. The lowest BCUT2D eigenvalue weighted by Crippen LogP contribution is -2.12. The molecule has 0 bridgehead atoms. The van der Waals surface area contributed by atoms with Gasteiger partial charge in [-0.1, -0.05) is 12.1 Å². The summed E-state index contributed by atoms with van der Waals surface area (Å²) in [5.41, 5.74) is 2.28. The maximum Gasteiger partial charge on any atom is 0.335 e. The topological polar surface area (TPSA) is 138 Å². The third-order valence-electron chi connectivity index (χ3n) is 3.44. The largest absolute Gasteiger partial charge is 0.478 e. The molecule has 0 radical (unpaired) electrons. The molecule has 1 heterocycles. The lowest BCUT2D eigenvalue weighted by atomic mass is 10.2. The van der Waals surface area contributed by atoms with Gasteiger partial charge in [0.1, 0.15) is 0 Å². The molecule has 24 heavy (non-hydrogen) atoms. The Hall–Kier alpha value is -2.91. The summed E-state index contributed by atoms with van der Waals surface area (Å²) in [6.45, 7) is 0.413. The average molecular weight is 346 g/mol. The van der Waals surface area contributed by atoms with E-state index in [9.17, 15) is 13.2 Å². The summed E-state index contributed by atoms with van der Waals surface area (Å²) < 4.78 is 22.4. The number of nitrogens with one attached hydrogen (secondary N) is 2. The Labute approximate surface area is 137 Å². The van der Waals surface area contributed by atoms with Gasteiger partial charge in [0, 0.05) is 6.54 Å². The van der Waals surface area contributed by atoms with Crippen molar-refractivity contribution in [2.45, 2.75) is 11.4 Å². The minimum atomic E-state index is -3.70. The molecule has 0 amide bonds. The maximum atomic E-state index is 11.2. The molecule has 8 nitrogen and oxygen atoms in total. The van der Waals surface area contributed by atoms with Gasteiger partial charge >= 0.3 is 5.97 Å². The molecule has 124 valence electrons. The molecule has 0 unspecified atom stereocenters. The predicted molar refractivity (Wildman–Crippen MR) is 88.2 cm³/mol. The van der Waals surface area contributed by atoms with Crippen molar-refractivity contribution in [3.63, 3.8) is 0 Å². The smallest absolute Gasteiger partial charge is 0.335 e. The van der Waals surface area contributed by atoms with Gasteiger partial charge in [-0.15, -0.1) is 0 Å². The van der Waals surface area contributed by atoms with Crippen molar-refractivity contribution >= 4 is 33.0 Å². The van der Waals surface area contributed by atoms with E-state index in [0.717, 1.165) is 5.56 Å². The highest BCUT2D eigenvalue weighted by atomic mass is 32.2. The highest BCUT2D eigenvalue weighted by molar-refractivity contribution is 7.89. The zero-order valence-corrected chi connectivity index (χ0v) is 13.2. The van der Waals surface area contributed by atoms with E-state index in [1.54, 1.807) is 18.2 Å². The number of carbonyl (C=O) groups is 1. The number of rotatable bonds is 5. The number of carboxylic acids is 1. The number of hydrogen-bond donors (Lipinski definition) is 4. The number of aromatic amines is 1. The van der Waals surface area contributed by atoms with Crippen LogP contribution in [-0.4, -0.2) is 29.5 Å². The first kappa shape index (κ1) is 16.0. The number of imidazole rings is 1. The molecule has 0 atom stereocenters. The van der Waals surface area contributed by atoms with Gasteiger partial charge in [0.05, 0.1) is 21.5 Å². The highest BCUT2D eigenvalue weighted by Gasteiger charge is 2.09. The second kappa shape index (κ2) is 5.95. The third kappa shape index (κ3) is 3.36. The number of aromatic nitrogens is 2. The maximum absolute atomic E-state index is 11.2. The third-order valence-corrected chi connectivity index (χ3v) is 4.37. The summed E-state index contributed by atoms with van der Waals surface area (Å²) in [6.07, 6.45) is 0. The van der Waals surface area contributed by atoms with Gasteiger partial charge in [-0.2, -0.15) is 0 Å². The summed E-state index contributed by atoms with van der Waals surface area (Å²) in [4.78, 5) is 18.3. The molecule has 0 saturated heterocycles. The zero-order chi connectivity index (χ0) is 17.3. The first-order valence-electron chi connectivity index (χ1n) is 6.91. The van der Waals surface area contributed by atoms with Crippen molar-refractivity contribution in [1.82, 2.24) is 9.97 Å². The van der Waals surface area contributed by atoms with Crippen LogP contribution < -0.4 is 10.5 Å². The summed E-state index contributed by atoms with van der Waals surface area (Å²) in [7, 11) is -3.70. The van der Waals surface area contributed by atoms with Gasteiger partial charge in [0.15, 0.2) is 0 Å². The summed E-state index contributed by atoms with van der Waals surface area (Å²) >= 11 is 0. The predicted octanol–water partition coefficient (Wildman–Crippen LogP) is 1.52. The van der Waals surface area contributed by atoms with E-state index < -0.39 is 16.0 Å². The van der Waals surface area contributed by atoms with Crippen LogP contribution >= 0.6 is 0 Å². The van der Waals surface area contributed by atoms with Crippen molar-refractivity contribution in [1.29, 1.82) is 0 Å². The van der Waals surface area contributed by atoms with Crippen LogP contribution in [0.5, 0.6) is 0 Å².